The summed E-state index contributed by atoms with van der Waals surface area (Å²) < 4.78 is 11.0. The molecule has 2 aliphatic carbocycles. The number of aliphatic carboxylic acids is 1. The van der Waals surface area contributed by atoms with Crippen LogP contribution in [0.3, 0.4) is 0 Å². The molecule has 8 nitrogen and oxygen atoms in total. The molecule has 2 aromatic rings. The molecule has 4 atom stereocenters. The van der Waals surface area contributed by atoms with Gasteiger partial charge < -0.3 is 19.9 Å². The Morgan fingerprint density at radius 1 is 1.03 bits per heavy atom. The minimum atomic E-state index is -1.02. The van der Waals surface area contributed by atoms with Crippen molar-refractivity contribution in [1.29, 1.82) is 0 Å². The maximum atomic E-state index is 13.0. The molecule has 0 radical (unpaired) electrons. The van der Waals surface area contributed by atoms with Crippen molar-refractivity contribution in [3.05, 3.63) is 59.7 Å². The van der Waals surface area contributed by atoms with Crippen molar-refractivity contribution in [1.82, 2.24) is 10.2 Å². The number of likely N-dealkylation sites (tertiary alicyclic amines) is 1. The number of fused-ring (bicyclic) bond motifs is 4. The van der Waals surface area contributed by atoms with E-state index in [0.29, 0.717) is 19.5 Å². The minimum Gasteiger partial charge on any atom is -0.480 e. The molecule has 8 heteroatoms. The summed E-state index contributed by atoms with van der Waals surface area (Å²) in [5.41, 5.74) is 3.94. The van der Waals surface area contributed by atoms with Crippen LogP contribution in [0.1, 0.15) is 44.2 Å². The van der Waals surface area contributed by atoms with Crippen LogP contribution in [0, 0.1) is 17.8 Å². The van der Waals surface area contributed by atoms with Crippen LogP contribution < -0.4 is 5.32 Å². The molecule has 1 saturated carbocycles. The Bertz CT molecular complexity index is 1140. The Labute approximate surface area is 210 Å². The van der Waals surface area contributed by atoms with E-state index < -0.39 is 29.8 Å². The summed E-state index contributed by atoms with van der Waals surface area (Å²) in [6.45, 7) is 6.32. The van der Waals surface area contributed by atoms with E-state index in [1.807, 2.05) is 24.3 Å². The van der Waals surface area contributed by atoms with Crippen molar-refractivity contribution < 1.29 is 29.0 Å². The van der Waals surface area contributed by atoms with Gasteiger partial charge in [0.25, 0.3) is 0 Å². The highest BCUT2D eigenvalue weighted by molar-refractivity contribution is 5.83. The molecule has 1 aliphatic heterocycles. The molecule has 0 bridgehead atoms. The number of rotatable bonds is 6. The zero-order valence-corrected chi connectivity index (χ0v) is 20.8. The van der Waals surface area contributed by atoms with E-state index in [9.17, 15) is 19.5 Å². The third-order valence-corrected chi connectivity index (χ3v) is 7.48. The SMILES string of the molecule is CC(C)(C)OC(=O)NCC[C@@H]1[C@H]2CN(C(=O)OCC3c4ccccc4-c4ccccc43)[C@H](C(=O)O)[C@@H]12. The molecule has 2 fully saturated rings. The van der Waals surface area contributed by atoms with Gasteiger partial charge in [-0.2, -0.15) is 0 Å². The predicted octanol–water partition coefficient (Wildman–Crippen LogP) is 4.48. The van der Waals surface area contributed by atoms with Crippen LogP contribution in [0.4, 0.5) is 9.59 Å². The van der Waals surface area contributed by atoms with Gasteiger partial charge in [0.05, 0.1) is 0 Å². The Morgan fingerprint density at radius 2 is 1.64 bits per heavy atom. The Kier molecular flexibility index (Phi) is 6.14. The Balaban J connectivity index is 1.17. The van der Waals surface area contributed by atoms with Crippen LogP contribution in [0.2, 0.25) is 0 Å². The first-order chi connectivity index (χ1) is 17.2. The molecule has 0 unspecified atom stereocenters. The zero-order chi connectivity index (χ0) is 25.6. The van der Waals surface area contributed by atoms with Gasteiger partial charge in [-0.1, -0.05) is 48.5 Å². The van der Waals surface area contributed by atoms with E-state index >= 15 is 0 Å². The summed E-state index contributed by atoms with van der Waals surface area (Å²) in [5, 5.41) is 12.6. The minimum absolute atomic E-state index is 0.0755. The number of carboxylic acids is 1. The first-order valence-corrected chi connectivity index (χ1v) is 12.5. The highest BCUT2D eigenvalue weighted by atomic mass is 16.6. The van der Waals surface area contributed by atoms with Crippen LogP contribution in [0.15, 0.2) is 48.5 Å². The third-order valence-electron chi connectivity index (χ3n) is 7.48. The highest BCUT2D eigenvalue weighted by Gasteiger charge is 2.64. The average molecular weight is 493 g/mol. The predicted molar refractivity (Wildman–Crippen MR) is 133 cm³/mol. The van der Waals surface area contributed by atoms with E-state index in [2.05, 4.69) is 29.6 Å². The van der Waals surface area contributed by atoms with Gasteiger partial charge in [-0.05, 0) is 67.2 Å². The fourth-order valence-corrected chi connectivity index (χ4v) is 5.97. The van der Waals surface area contributed by atoms with Gasteiger partial charge in [0.15, 0.2) is 0 Å². The van der Waals surface area contributed by atoms with Crippen LogP contribution in [-0.2, 0) is 14.3 Å². The summed E-state index contributed by atoms with van der Waals surface area (Å²) >= 11 is 0. The van der Waals surface area contributed by atoms with E-state index in [1.54, 1.807) is 20.8 Å². The number of benzene rings is 2. The summed E-state index contributed by atoms with van der Waals surface area (Å²) in [7, 11) is 0. The molecule has 0 aromatic heterocycles. The molecule has 5 rings (SSSR count). The molecule has 190 valence electrons. The second kappa shape index (κ2) is 9.15. The van der Waals surface area contributed by atoms with Gasteiger partial charge in [-0.25, -0.2) is 14.4 Å². The first kappa shape index (κ1) is 24.2. The lowest BCUT2D eigenvalue weighted by molar-refractivity contribution is -0.142. The molecule has 2 aromatic carbocycles. The fourth-order valence-electron chi connectivity index (χ4n) is 5.97. The van der Waals surface area contributed by atoms with Crippen molar-refractivity contribution in [3.63, 3.8) is 0 Å². The van der Waals surface area contributed by atoms with Crippen LogP contribution >= 0.6 is 0 Å². The number of piperidine rings is 1. The number of ether oxygens (including phenoxy) is 2. The van der Waals surface area contributed by atoms with Crippen LogP contribution in [0.5, 0.6) is 0 Å². The lowest BCUT2D eigenvalue weighted by Crippen LogP contribution is -2.45. The number of hydrogen-bond acceptors (Lipinski definition) is 5. The van der Waals surface area contributed by atoms with E-state index in [-0.39, 0.29) is 30.3 Å². The lowest BCUT2D eigenvalue weighted by atomic mass is 9.98. The lowest BCUT2D eigenvalue weighted by Gasteiger charge is -2.26. The normalized spacial score (nSPS) is 23.9. The van der Waals surface area contributed by atoms with Gasteiger partial charge in [0.1, 0.15) is 18.2 Å². The van der Waals surface area contributed by atoms with Gasteiger partial charge in [-0.3, -0.25) is 4.90 Å². The number of amides is 2. The maximum absolute atomic E-state index is 13.0. The molecular weight excluding hydrogens is 460 g/mol. The van der Waals surface area contributed by atoms with Crippen molar-refractivity contribution in [2.45, 2.75) is 44.8 Å². The second-order valence-electron chi connectivity index (χ2n) is 10.9. The second-order valence-corrected chi connectivity index (χ2v) is 10.9. The third kappa shape index (κ3) is 4.52. The highest BCUT2D eigenvalue weighted by Crippen LogP contribution is 2.57. The van der Waals surface area contributed by atoms with Gasteiger partial charge >= 0.3 is 18.2 Å². The van der Waals surface area contributed by atoms with Crippen molar-refractivity contribution >= 4 is 18.2 Å². The van der Waals surface area contributed by atoms with Gasteiger partial charge in [-0.15, -0.1) is 0 Å². The number of hydrogen-bond donors (Lipinski definition) is 2. The fraction of sp³-hybridized carbons (Fsp3) is 0.464. The van der Waals surface area contributed by atoms with Crippen molar-refractivity contribution in [3.8, 4) is 11.1 Å². The Hall–Kier alpha value is -3.55. The number of carboxylic acid groups (broad SMARTS) is 1. The molecule has 1 saturated heterocycles. The largest absolute Gasteiger partial charge is 0.480 e. The monoisotopic (exact) mass is 492 g/mol. The number of carbonyl (C=O) groups is 3. The van der Waals surface area contributed by atoms with E-state index in [0.717, 1.165) is 22.3 Å². The average Bonchev–Trinajstić information content (AvgIpc) is 3.19. The number of alkyl carbamates (subject to hydrolysis) is 1. The quantitative estimate of drug-likeness (QED) is 0.616. The molecule has 2 N–H and O–H groups in total. The smallest absolute Gasteiger partial charge is 0.410 e. The van der Waals surface area contributed by atoms with Gasteiger partial charge in [0, 0.05) is 19.0 Å². The molecule has 1 heterocycles. The Morgan fingerprint density at radius 3 is 2.22 bits per heavy atom. The molecule has 2 amide bonds. The van der Waals surface area contributed by atoms with Crippen molar-refractivity contribution in [2.75, 3.05) is 19.7 Å². The van der Waals surface area contributed by atoms with Gasteiger partial charge in [0.2, 0.25) is 0 Å². The van der Waals surface area contributed by atoms with Crippen molar-refractivity contribution in [2.24, 2.45) is 17.8 Å². The summed E-state index contributed by atoms with van der Waals surface area (Å²) in [6, 6.07) is 15.3. The molecule has 36 heavy (non-hydrogen) atoms. The summed E-state index contributed by atoms with van der Waals surface area (Å²) in [6.07, 6.45) is -0.415. The number of nitrogens with zero attached hydrogens (tertiary/aromatic N) is 1. The molecule has 3 aliphatic rings. The van der Waals surface area contributed by atoms with E-state index in [4.69, 9.17) is 9.47 Å². The van der Waals surface area contributed by atoms with Crippen LogP contribution in [0.25, 0.3) is 11.1 Å². The standard InChI is InChI=1S/C28H32N2O6/c1-28(2,3)36-26(33)29-13-12-20-21-14-30(24(23(20)21)25(31)32)27(34)35-15-22-18-10-6-4-8-16(18)17-9-5-7-11-19(17)22/h4-11,20-24H,12-15H2,1-3H3,(H,29,33)(H,31,32)/t20-,21-,23+,24+/m1/s1. The topological polar surface area (TPSA) is 105 Å². The van der Waals surface area contributed by atoms with E-state index in [1.165, 1.54) is 4.90 Å². The first-order valence-electron chi connectivity index (χ1n) is 12.5. The maximum Gasteiger partial charge on any atom is 0.410 e. The zero-order valence-electron chi connectivity index (χ0n) is 20.8. The molecular formula is C28H32N2O6. The number of nitrogens with one attached hydrogen (secondary N) is 1. The summed E-state index contributed by atoms with van der Waals surface area (Å²) in [5.74, 6) is -0.957. The molecule has 0 spiro atoms. The summed E-state index contributed by atoms with van der Waals surface area (Å²) in [4.78, 5) is 38.3. The number of carbonyl (C=O) groups excluding carboxylic acids is 2. The van der Waals surface area contributed by atoms with Crippen LogP contribution in [-0.4, -0.2) is 59.5 Å².